The summed E-state index contributed by atoms with van der Waals surface area (Å²) < 4.78 is 19.0. The highest BCUT2D eigenvalue weighted by atomic mass is 19.1. The van der Waals surface area contributed by atoms with Crippen molar-refractivity contribution in [3.8, 4) is 5.88 Å². The van der Waals surface area contributed by atoms with Crippen molar-refractivity contribution < 1.29 is 14.1 Å². The van der Waals surface area contributed by atoms with E-state index in [0.29, 0.717) is 12.4 Å². The Bertz CT molecular complexity index is 649. The van der Waals surface area contributed by atoms with E-state index in [-0.39, 0.29) is 12.1 Å². The number of aromatic nitrogens is 1. The van der Waals surface area contributed by atoms with E-state index in [9.17, 15) is 14.5 Å². The number of hydrogen-bond acceptors (Lipinski definition) is 5. The summed E-state index contributed by atoms with van der Waals surface area (Å²) in [5.41, 5.74) is 0.547. The number of hydrogen-bond donors (Lipinski definition) is 1. The van der Waals surface area contributed by atoms with Gasteiger partial charge in [0.25, 0.3) is 0 Å². The molecule has 0 unspecified atom stereocenters. The second-order valence-electron chi connectivity index (χ2n) is 4.28. The average molecular weight is 291 g/mol. The van der Waals surface area contributed by atoms with Crippen molar-refractivity contribution >= 4 is 5.69 Å². The summed E-state index contributed by atoms with van der Waals surface area (Å²) in [5, 5.41) is 13.7. The number of ether oxygens (including phenoxy) is 1. The lowest BCUT2D eigenvalue weighted by Gasteiger charge is -2.09. The molecule has 0 saturated carbocycles. The van der Waals surface area contributed by atoms with Crippen LogP contribution in [0.2, 0.25) is 0 Å². The lowest BCUT2D eigenvalue weighted by atomic mass is 10.1. The van der Waals surface area contributed by atoms with E-state index in [2.05, 4.69) is 10.3 Å². The molecule has 1 aromatic heterocycles. The molecule has 21 heavy (non-hydrogen) atoms. The molecular formula is C14H14FN3O3. The summed E-state index contributed by atoms with van der Waals surface area (Å²) >= 11 is 0. The normalized spacial score (nSPS) is 10.4. The maximum Gasteiger partial charge on any atom is 0.305 e. The Kier molecular flexibility index (Phi) is 4.78. The van der Waals surface area contributed by atoms with Gasteiger partial charge in [0.1, 0.15) is 0 Å². The molecule has 0 aliphatic rings. The van der Waals surface area contributed by atoms with Crippen molar-refractivity contribution in [2.75, 3.05) is 7.11 Å². The Labute approximate surface area is 120 Å². The number of methoxy groups -OCH3 is 1. The van der Waals surface area contributed by atoms with Gasteiger partial charge in [-0.15, -0.1) is 0 Å². The third-order valence-electron chi connectivity index (χ3n) is 2.93. The van der Waals surface area contributed by atoms with E-state index >= 15 is 0 Å². The average Bonchev–Trinajstić information content (AvgIpc) is 2.49. The van der Waals surface area contributed by atoms with Crippen LogP contribution in [0.3, 0.4) is 0 Å². The molecule has 110 valence electrons. The molecule has 6 nitrogen and oxygen atoms in total. The van der Waals surface area contributed by atoms with E-state index in [4.69, 9.17) is 4.74 Å². The molecule has 7 heteroatoms. The van der Waals surface area contributed by atoms with Crippen molar-refractivity contribution in [1.82, 2.24) is 10.3 Å². The number of nitro groups is 1. The van der Waals surface area contributed by atoms with Gasteiger partial charge in [-0.2, -0.15) is 4.39 Å². The van der Waals surface area contributed by atoms with Crippen LogP contribution in [0.15, 0.2) is 36.5 Å². The number of nitrogens with zero attached hydrogens (tertiary/aromatic N) is 2. The minimum atomic E-state index is -0.812. The highest BCUT2D eigenvalue weighted by Gasteiger charge is 2.16. The molecule has 1 aromatic carbocycles. The first kappa shape index (κ1) is 14.9. The van der Waals surface area contributed by atoms with Crippen molar-refractivity contribution in [2.24, 2.45) is 0 Å². The summed E-state index contributed by atoms with van der Waals surface area (Å²) in [6.07, 6.45) is 1.61. The summed E-state index contributed by atoms with van der Waals surface area (Å²) in [4.78, 5) is 14.0. The zero-order chi connectivity index (χ0) is 15.2. The van der Waals surface area contributed by atoms with Gasteiger partial charge in [0.15, 0.2) is 0 Å². The minimum Gasteiger partial charge on any atom is -0.481 e. The fourth-order valence-electron chi connectivity index (χ4n) is 1.92. The van der Waals surface area contributed by atoms with Crippen molar-refractivity contribution in [3.05, 3.63) is 63.6 Å². The van der Waals surface area contributed by atoms with Gasteiger partial charge in [-0.25, -0.2) is 4.98 Å². The Balaban J connectivity index is 2.04. The molecule has 0 amide bonds. The van der Waals surface area contributed by atoms with E-state index < -0.39 is 16.4 Å². The van der Waals surface area contributed by atoms with Crippen LogP contribution in [0.5, 0.6) is 5.88 Å². The SMILES string of the molecule is COc1ncccc1CNCc1cccc([N+](=O)[O-])c1F. The Morgan fingerprint density at radius 2 is 2.00 bits per heavy atom. The van der Waals surface area contributed by atoms with Gasteiger partial charge in [-0.1, -0.05) is 18.2 Å². The van der Waals surface area contributed by atoms with Crippen LogP contribution in [0, 0.1) is 15.9 Å². The molecule has 0 atom stereocenters. The molecular weight excluding hydrogens is 277 g/mol. The monoisotopic (exact) mass is 291 g/mol. The largest absolute Gasteiger partial charge is 0.481 e. The van der Waals surface area contributed by atoms with Crippen LogP contribution in [-0.4, -0.2) is 17.0 Å². The Morgan fingerprint density at radius 3 is 2.71 bits per heavy atom. The lowest BCUT2D eigenvalue weighted by molar-refractivity contribution is -0.387. The molecule has 0 fully saturated rings. The van der Waals surface area contributed by atoms with Gasteiger partial charge in [0.2, 0.25) is 11.7 Å². The van der Waals surface area contributed by atoms with Gasteiger partial charge >= 0.3 is 5.69 Å². The van der Waals surface area contributed by atoms with Crippen LogP contribution in [0.1, 0.15) is 11.1 Å². The summed E-state index contributed by atoms with van der Waals surface area (Å²) in [6.45, 7) is 0.588. The molecule has 0 saturated heterocycles. The zero-order valence-corrected chi connectivity index (χ0v) is 11.4. The highest BCUT2D eigenvalue weighted by molar-refractivity contribution is 5.36. The van der Waals surface area contributed by atoms with Crippen molar-refractivity contribution in [1.29, 1.82) is 0 Å². The third-order valence-corrected chi connectivity index (χ3v) is 2.93. The van der Waals surface area contributed by atoms with Crippen LogP contribution >= 0.6 is 0 Å². The van der Waals surface area contributed by atoms with Crippen LogP contribution in [0.25, 0.3) is 0 Å². The number of halogens is 1. The number of rotatable bonds is 6. The molecule has 2 aromatic rings. The maximum absolute atomic E-state index is 13.9. The molecule has 0 spiro atoms. The summed E-state index contributed by atoms with van der Waals surface area (Å²) in [6, 6.07) is 7.72. The standard InChI is InChI=1S/C14H14FN3O3/c1-21-14-11(5-3-7-17-14)9-16-8-10-4-2-6-12(13(10)15)18(19)20/h2-7,16H,8-9H2,1H3. The van der Waals surface area contributed by atoms with E-state index in [1.807, 2.05) is 6.07 Å². The number of pyridine rings is 1. The second kappa shape index (κ2) is 6.76. The molecule has 1 N–H and O–H groups in total. The van der Waals surface area contributed by atoms with Crippen LogP contribution in [-0.2, 0) is 13.1 Å². The smallest absolute Gasteiger partial charge is 0.305 e. The highest BCUT2D eigenvalue weighted by Crippen LogP contribution is 2.20. The lowest BCUT2D eigenvalue weighted by Crippen LogP contribution is -2.15. The summed E-state index contributed by atoms with van der Waals surface area (Å²) in [5.74, 6) is -0.322. The predicted octanol–water partition coefficient (Wildman–Crippen LogP) is 2.43. The quantitative estimate of drug-likeness (QED) is 0.653. The number of nitrogens with one attached hydrogen (secondary N) is 1. The zero-order valence-electron chi connectivity index (χ0n) is 11.4. The first-order valence-electron chi connectivity index (χ1n) is 6.24. The van der Waals surface area contributed by atoms with Crippen LogP contribution in [0.4, 0.5) is 10.1 Å². The fourth-order valence-corrected chi connectivity index (χ4v) is 1.92. The van der Waals surface area contributed by atoms with Gasteiger partial charge in [0, 0.05) is 36.5 Å². The number of nitro benzene ring substituents is 1. The maximum atomic E-state index is 13.9. The fraction of sp³-hybridized carbons (Fsp3) is 0.214. The molecule has 0 radical (unpaired) electrons. The van der Waals surface area contributed by atoms with Crippen molar-refractivity contribution in [2.45, 2.75) is 13.1 Å². The molecule has 0 bridgehead atoms. The van der Waals surface area contributed by atoms with E-state index in [1.165, 1.54) is 19.2 Å². The second-order valence-corrected chi connectivity index (χ2v) is 4.28. The molecule has 2 rings (SSSR count). The minimum absolute atomic E-state index is 0.172. The van der Waals surface area contributed by atoms with Gasteiger partial charge in [0.05, 0.1) is 12.0 Å². The first-order valence-corrected chi connectivity index (χ1v) is 6.24. The summed E-state index contributed by atoms with van der Waals surface area (Å²) in [7, 11) is 1.52. The predicted molar refractivity (Wildman–Crippen MR) is 74.4 cm³/mol. The molecule has 0 aliphatic heterocycles. The first-order chi connectivity index (χ1) is 10.1. The molecule has 0 aliphatic carbocycles. The van der Waals surface area contributed by atoms with Gasteiger partial charge in [-0.3, -0.25) is 10.1 Å². The van der Waals surface area contributed by atoms with E-state index in [0.717, 1.165) is 11.6 Å². The van der Waals surface area contributed by atoms with E-state index in [1.54, 1.807) is 12.3 Å². The molecule has 1 heterocycles. The number of benzene rings is 1. The third kappa shape index (κ3) is 3.51. The Hall–Kier alpha value is -2.54. The topological polar surface area (TPSA) is 77.3 Å². The Morgan fingerprint density at radius 1 is 1.29 bits per heavy atom. The van der Waals surface area contributed by atoms with Crippen LogP contribution < -0.4 is 10.1 Å². The van der Waals surface area contributed by atoms with Gasteiger partial charge < -0.3 is 10.1 Å². The van der Waals surface area contributed by atoms with Crippen molar-refractivity contribution in [3.63, 3.8) is 0 Å². The van der Waals surface area contributed by atoms with Gasteiger partial charge in [-0.05, 0) is 6.07 Å².